The molecule has 1 atom stereocenters. The molecule has 3 aromatic rings. The number of esters is 1. The van der Waals surface area contributed by atoms with Gasteiger partial charge in [0.15, 0.2) is 8.32 Å². The van der Waals surface area contributed by atoms with E-state index in [0.29, 0.717) is 16.9 Å². The minimum Gasteiger partial charge on any atom is -0.426 e. The van der Waals surface area contributed by atoms with E-state index in [1.54, 1.807) is 30.3 Å². The highest BCUT2D eigenvalue weighted by Gasteiger charge is 2.58. The molecule has 0 N–H and O–H groups in total. The van der Waals surface area contributed by atoms with E-state index in [2.05, 4.69) is 19.6 Å². The topological polar surface area (TPSA) is 35.5 Å². The Kier molecular flexibility index (Phi) is 5.55. The van der Waals surface area contributed by atoms with Gasteiger partial charge in [0.1, 0.15) is 23.0 Å². The molecular weight excluding hydrogens is 426 g/mol. The summed E-state index contributed by atoms with van der Waals surface area (Å²) in [7, 11) is -2.30. The summed E-state index contributed by atoms with van der Waals surface area (Å²) in [6, 6.07) is 19.7. The standard InChI is InChI=1S/C26H26F2O3Si/c1-25(17-24(29)30-23-8-6-5-7-22(23)25)26(31-32(2,3)4,18-9-13-20(27)14-10-18)19-11-15-21(28)16-12-19/h5-16H,17H2,1-4H3/t25-/m1/s1. The van der Waals surface area contributed by atoms with Gasteiger partial charge in [-0.15, -0.1) is 0 Å². The van der Waals surface area contributed by atoms with E-state index < -0.39 is 19.3 Å². The van der Waals surface area contributed by atoms with E-state index in [1.165, 1.54) is 24.3 Å². The van der Waals surface area contributed by atoms with Crippen LogP contribution < -0.4 is 4.74 Å². The third kappa shape index (κ3) is 3.78. The average molecular weight is 453 g/mol. The first-order valence-electron chi connectivity index (χ1n) is 10.6. The van der Waals surface area contributed by atoms with Crippen LogP contribution >= 0.6 is 0 Å². The quantitative estimate of drug-likeness (QED) is 0.258. The molecule has 1 heterocycles. The fourth-order valence-electron chi connectivity index (χ4n) is 4.73. The first-order valence-corrected chi connectivity index (χ1v) is 14.0. The Morgan fingerprint density at radius 3 is 1.88 bits per heavy atom. The third-order valence-electron chi connectivity index (χ3n) is 5.94. The predicted octanol–water partition coefficient (Wildman–Crippen LogP) is 6.33. The summed E-state index contributed by atoms with van der Waals surface area (Å²) >= 11 is 0. The molecule has 1 aliphatic heterocycles. The molecular formula is C26H26F2O3Si. The van der Waals surface area contributed by atoms with Gasteiger partial charge in [-0.25, -0.2) is 8.78 Å². The van der Waals surface area contributed by atoms with Gasteiger partial charge in [-0.2, -0.15) is 0 Å². The first kappa shape index (κ1) is 22.4. The zero-order valence-electron chi connectivity index (χ0n) is 18.6. The summed E-state index contributed by atoms with van der Waals surface area (Å²) in [5.41, 5.74) is 0.106. The van der Waals surface area contributed by atoms with Crippen LogP contribution in [0, 0.1) is 11.6 Å². The number of carbonyl (C=O) groups is 1. The Morgan fingerprint density at radius 2 is 1.38 bits per heavy atom. The van der Waals surface area contributed by atoms with Crippen LogP contribution in [0.5, 0.6) is 5.75 Å². The summed E-state index contributed by atoms with van der Waals surface area (Å²) in [6.07, 6.45) is 0.0449. The molecule has 3 nitrogen and oxygen atoms in total. The fraction of sp³-hybridized carbons (Fsp3) is 0.269. The molecule has 0 aliphatic carbocycles. The second-order valence-corrected chi connectivity index (χ2v) is 13.8. The van der Waals surface area contributed by atoms with E-state index in [4.69, 9.17) is 9.16 Å². The van der Waals surface area contributed by atoms with Crippen LogP contribution in [0.4, 0.5) is 8.78 Å². The van der Waals surface area contributed by atoms with Crippen molar-refractivity contribution in [3.8, 4) is 5.75 Å². The summed E-state index contributed by atoms with van der Waals surface area (Å²) in [4.78, 5) is 12.8. The summed E-state index contributed by atoms with van der Waals surface area (Å²) in [5, 5.41) is 0. The fourth-order valence-corrected chi connectivity index (χ4v) is 6.11. The molecule has 0 unspecified atom stereocenters. The van der Waals surface area contributed by atoms with E-state index in [9.17, 15) is 13.6 Å². The van der Waals surface area contributed by atoms with Gasteiger partial charge in [0.05, 0.1) is 6.42 Å². The first-order chi connectivity index (χ1) is 15.0. The van der Waals surface area contributed by atoms with Gasteiger partial charge >= 0.3 is 5.97 Å². The second kappa shape index (κ2) is 7.94. The van der Waals surface area contributed by atoms with E-state index >= 15 is 0 Å². The number of ether oxygens (including phenoxy) is 1. The van der Waals surface area contributed by atoms with Gasteiger partial charge in [0.2, 0.25) is 0 Å². The maximum absolute atomic E-state index is 14.0. The SMILES string of the molecule is C[C@@]1(C(O[Si](C)(C)C)(c2ccc(F)cc2)c2ccc(F)cc2)CC(=O)Oc2ccccc21. The zero-order chi connectivity index (χ0) is 23.1. The highest BCUT2D eigenvalue weighted by Crippen LogP contribution is 2.56. The molecule has 4 rings (SSSR count). The summed E-state index contributed by atoms with van der Waals surface area (Å²) < 4.78 is 40.5. The van der Waals surface area contributed by atoms with Gasteiger partial charge in [-0.05, 0) is 61.1 Å². The van der Waals surface area contributed by atoms with Crippen molar-refractivity contribution >= 4 is 14.3 Å². The number of carbonyl (C=O) groups excluding carboxylic acids is 1. The number of hydrogen-bond acceptors (Lipinski definition) is 3. The monoisotopic (exact) mass is 452 g/mol. The highest BCUT2D eigenvalue weighted by atomic mass is 28.4. The lowest BCUT2D eigenvalue weighted by Crippen LogP contribution is -2.57. The molecule has 0 fully saturated rings. The van der Waals surface area contributed by atoms with Crippen LogP contribution in [0.1, 0.15) is 30.0 Å². The van der Waals surface area contributed by atoms with Crippen LogP contribution in [-0.4, -0.2) is 14.3 Å². The second-order valence-electron chi connectivity index (χ2n) is 9.39. The maximum Gasteiger partial charge on any atom is 0.312 e. The van der Waals surface area contributed by atoms with Crippen molar-refractivity contribution in [2.45, 2.75) is 44.0 Å². The lowest BCUT2D eigenvalue weighted by atomic mass is 9.60. The molecule has 0 radical (unpaired) electrons. The van der Waals surface area contributed by atoms with E-state index in [0.717, 1.165) is 5.56 Å². The Balaban J connectivity index is 2.12. The Hall–Kier alpha value is -2.83. The normalized spacial score (nSPS) is 18.8. The Labute approximate surface area is 188 Å². The molecule has 0 saturated heterocycles. The van der Waals surface area contributed by atoms with Crippen LogP contribution in [0.15, 0.2) is 72.8 Å². The minimum atomic E-state index is -2.30. The number of rotatable bonds is 5. The molecule has 6 heteroatoms. The van der Waals surface area contributed by atoms with Gasteiger partial charge in [0, 0.05) is 11.0 Å². The number of benzene rings is 3. The molecule has 1 aliphatic rings. The van der Waals surface area contributed by atoms with Crippen molar-refractivity contribution in [3.05, 3.63) is 101 Å². The van der Waals surface area contributed by atoms with Crippen LogP contribution in [0.3, 0.4) is 0 Å². The Morgan fingerprint density at radius 1 is 0.875 bits per heavy atom. The lowest BCUT2D eigenvalue weighted by molar-refractivity contribution is -0.140. The molecule has 0 aromatic heterocycles. The predicted molar refractivity (Wildman–Crippen MR) is 122 cm³/mol. The molecule has 32 heavy (non-hydrogen) atoms. The van der Waals surface area contributed by atoms with Crippen molar-refractivity contribution in [1.29, 1.82) is 0 Å². The molecule has 0 saturated carbocycles. The zero-order valence-corrected chi connectivity index (χ0v) is 19.6. The lowest BCUT2D eigenvalue weighted by Gasteiger charge is -2.53. The summed E-state index contributed by atoms with van der Waals surface area (Å²) in [6.45, 7) is 8.15. The molecule has 166 valence electrons. The van der Waals surface area contributed by atoms with Crippen LogP contribution in [0.25, 0.3) is 0 Å². The van der Waals surface area contributed by atoms with Crippen molar-refractivity contribution < 1.29 is 22.7 Å². The van der Waals surface area contributed by atoms with Crippen molar-refractivity contribution in [2.75, 3.05) is 0 Å². The Bertz CT molecular complexity index is 1090. The molecule has 0 spiro atoms. The average Bonchev–Trinajstić information content (AvgIpc) is 2.72. The van der Waals surface area contributed by atoms with Crippen molar-refractivity contribution in [2.24, 2.45) is 0 Å². The molecule has 3 aromatic carbocycles. The number of halogens is 2. The smallest absolute Gasteiger partial charge is 0.312 e. The highest BCUT2D eigenvalue weighted by molar-refractivity contribution is 6.69. The molecule has 0 bridgehead atoms. The molecule has 0 amide bonds. The van der Waals surface area contributed by atoms with Crippen molar-refractivity contribution in [1.82, 2.24) is 0 Å². The minimum absolute atomic E-state index is 0.0449. The van der Waals surface area contributed by atoms with Gasteiger partial charge in [-0.1, -0.05) is 49.4 Å². The largest absolute Gasteiger partial charge is 0.426 e. The van der Waals surface area contributed by atoms with E-state index in [-0.39, 0.29) is 24.0 Å². The number of fused-ring (bicyclic) bond motifs is 1. The van der Waals surface area contributed by atoms with Gasteiger partial charge in [0.25, 0.3) is 0 Å². The van der Waals surface area contributed by atoms with Gasteiger partial charge < -0.3 is 9.16 Å². The van der Waals surface area contributed by atoms with E-state index in [1.807, 2.05) is 25.1 Å². The van der Waals surface area contributed by atoms with Gasteiger partial charge in [-0.3, -0.25) is 4.79 Å². The van der Waals surface area contributed by atoms with Crippen LogP contribution in [-0.2, 0) is 20.2 Å². The maximum atomic E-state index is 14.0. The summed E-state index contributed by atoms with van der Waals surface area (Å²) in [5.74, 6) is -0.648. The number of hydrogen-bond donors (Lipinski definition) is 0. The third-order valence-corrected chi connectivity index (χ3v) is 6.86. The van der Waals surface area contributed by atoms with Crippen molar-refractivity contribution in [3.63, 3.8) is 0 Å². The van der Waals surface area contributed by atoms with Crippen LogP contribution in [0.2, 0.25) is 19.6 Å². The number of para-hydroxylation sites is 1.